The van der Waals surface area contributed by atoms with E-state index in [1.807, 2.05) is 0 Å². The van der Waals surface area contributed by atoms with Crippen molar-refractivity contribution < 1.29 is 18.3 Å². The van der Waals surface area contributed by atoms with Crippen LogP contribution in [0, 0.1) is 0 Å². The van der Waals surface area contributed by atoms with Crippen molar-refractivity contribution in [3.05, 3.63) is 103 Å². The number of unbranched alkanes of at least 4 members (excludes halogenated alkanes) is 7. The number of benzene rings is 5. The molecule has 0 aliphatic rings. The van der Waals surface area contributed by atoms with E-state index in [1.54, 1.807) is 0 Å². The van der Waals surface area contributed by atoms with Gasteiger partial charge in [0.25, 0.3) is 0 Å². The van der Waals surface area contributed by atoms with Crippen molar-refractivity contribution in [2.45, 2.75) is 84.5 Å². The number of hydrogen-bond donors (Lipinski definition) is 0. The summed E-state index contributed by atoms with van der Waals surface area (Å²) in [7, 11) is 0. The third-order valence-electron chi connectivity index (χ3n) is 9.92. The summed E-state index contributed by atoms with van der Waals surface area (Å²) in [6.07, 6.45) is 13.2. The van der Waals surface area contributed by atoms with Gasteiger partial charge >= 0.3 is 0 Å². The largest absolute Gasteiger partial charge is 0.494 e. The zero-order chi connectivity index (χ0) is 34.1. The van der Waals surface area contributed by atoms with Crippen LogP contribution in [0.5, 0.6) is 5.75 Å². The van der Waals surface area contributed by atoms with E-state index in [4.69, 9.17) is 18.3 Å². The molecule has 0 radical (unpaired) electrons. The zero-order valence-electron chi connectivity index (χ0n) is 29.8. The van der Waals surface area contributed by atoms with Gasteiger partial charge in [-0.2, -0.15) is 0 Å². The topological polar surface area (TPSA) is 44.7 Å². The summed E-state index contributed by atoms with van der Waals surface area (Å²) >= 11 is 0. The standard InChI is InChI=1S/C46H50O4/c1-3-5-7-8-9-11-28-48-38-19-14-18-35(30-38)37-21-25-44-42(32-37)40-23-22-39-41-31-36(20-24-43(41)49-45(39)46(40)50-44)34-17-13-16-33(29-34)15-10-12-27-47-26-6-4-2/h13-14,16-25,29-32H,3-12,15,26-28H2,1-2H3. The summed E-state index contributed by atoms with van der Waals surface area (Å²) in [5.41, 5.74) is 9.39. The molecular formula is C46H50O4. The van der Waals surface area contributed by atoms with E-state index in [-0.39, 0.29) is 0 Å². The molecule has 258 valence electrons. The Balaban J connectivity index is 1.09. The molecule has 0 fully saturated rings. The van der Waals surface area contributed by atoms with Gasteiger partial charge in [0, 0.05) is 34.8 Å². The SMILES string of the molecule is CCCCCCCCOc1cccc(-c2ccc3oc4c(ccc5c6cc(-c7cccc(CCCCOCCCC)c7)ccc6oc54)c3c2)c1. The average molecular weight is 667 g/mol. The summed E-state index contributed by atoms with van der Waals surface area (Å²) < 4.78 is 24.9. The van der Waals surface area contributed by atoms with Gasteiger partial charge in [0.15, 0.2) is 11.2 Å². The highest BCUT2D eigenvalue weighted by molar-refractivity contribution is 6.19. The van der Waals surface area contributed by atoms with Crippen molar-refractivity contribution >= 4 is 43.9 Å². The first-order valence-corrected chi connectivity index (χ1v) is 18.9. The number of fused-ring (bicyclic) bond motifs is 7. The highest BCUT2D eigenvalue weighted by Gasteiger charge is 2.17. The maximum Gasteiger partial charge on any atom is 0.178 e. The molecule has 0 N–H and O–H groups in total. The lowest BCUT2D eigenvalue weighted by molar-refractivity contribution is 0.127. The van der Waals surface area contributed by atoms with Gasteiger partial charge in [-0.3, -0.25) is 0 Å². The van der Waals surface area contributed by atoms with Gasteiger partial charge in [-0.15, -0.1) is 0 Å². The second-order valence-electron chi connectivity index (χ2n) is 13.7. The van der Waals surface area contributed by atoms with Crippen LogP contribution in [-0.2, 0) is 11.2 Å². The first-order valence-electron chi connectivity index (χ1n) is 18.9. The molecule has 0 atom stereocenters. The number of rotatable bonds is 18. The molecule has 0 spiro atoms. The second-order valence-corrected chi connectivity index (χ2v) is 13.7. The van der Waals surface area contributed by atoms with Crippen LogP contribution in [-0.4, -0.2) is 19.8 Å². The maximum absolute atomic E-state index is 6.49. The normalized spacial score (nSPS) is 11.8. The minimum absolute atomic E-state index is 0.762. The first-order chi connectivity index (χ1) is 24.7. The Kier molecular flexibility index (Phi) is 11.2. The van der Waals surface area contributed by atoms with E-state index in [0.717, 1.165) is 113 Å². The quantitative estimate of drug-likeness (QED) is 0.0855. The molecular weight excluding hydrogens is 617 g/mol. The fourth-order valence-electron chi connectivity index (χ4n) is 7.05. The Labute approximate surface area is 296 Å². The van der Waals surface area contributed by atoms with Gasteiger partial charge in [-0.05, 0) is 108 Å². The molecule has 0 aliphatic carbocycles. The van der Waals surface area contributed by atoms with Gasteiger partial charge in [0.05, 0.1) is 6.61 Å². The number of furan rings is 2. The van der Waals surface area contributed by atoms with E-state index >= 15 is 0 Å². The molecule has 0 saturated heterocycles. The Morgan fingerprint density at radius 1 is 0.460 bits per heavy atom. The van der Waals surface area contributed by atoms with E-state index in [0.29, 0.717) is 0 Å². The van der Waals surface area contributed by atoms with Crippen molar-refractivity contribution in [3.8, 4) is 28.0 Å². The Morgan fingerprint density at radius 3 is 1.74 bits per heavy atom. The van der Waals surface area contributed by atoms with Crippen LogP contribution in [0.25, 0.3) is 66.1 Å². The predicted octanol–water partition coefficient (Wildman–Crippen LogP) is 13.7. The van der Waals surface area contributed by atoms with Crippen molar-refractivity contribution in [2.24, 2.45) is 0 Å². The summed E-state index contributed by atoms with van der Waals surface area (Å²) in [5, 5.41) is 4.33. The van der Waals surface area contributed by atoms with Crippen molar-refractivity contribution in [1.82, 2.24) is 0 Å². The molecule has 0 saturated carbocycles. The molecule has 4 nitrogen and oxygen atoms in total. The maximum atomic E-state index is 6.49. The summed E-state index contributed by atoms with van der Waals surface area (Å²) in [6.45, 7) is 6.95. The van der Waals surface area contributed by atoms with Gasteiger partial charge < -0.3 is 18.3 Å². The van der Waals surface area contributed by atoms with Gasteiger partial charge in [0.1, 0.15) is 16.9 Å². The van der Waals surface area contributed by atoms with E-state index in [1.165, 1.54) is 55.2 Å². The lowest BCUT2D eigenvalue weighted by Gasteiger charge is -2.08. The van der Waals surface area contributed by atoms with Crippen LogP contribution in [0.15, 0.2) is 106 Å². The third-order valence-corrected chi connectivity index (χ3v) is 9.92. The molecule has 7 rings (SSSR count). The number of ether oxygens (including phenoxy) is 2. The molecule has 2 aromatic heterocycles. The zero-order valence-corrected chi connectivity index (χ0v) is 29.8. The average Bonchev–Trinajstić information content (AvgIpc) is 3.72. The fourth-order valence-corrected chi connectivity index (χ4v) is 7.05. The molecule has 0 amide bonds. The van der Waals surface area contributed by atoms with Crippen LogP contribution in [0.2, 0.25) is 0 Å². The Hall–Kier alpha value is -4.54. The number of aryl methyl sites for hydroxylation is 1. The highest BCUT2D eigenvalue weighted by Crippen LogP contribution is 2.41. The molecule has 0 bridgehead atoms. The van der Waals surface area contributed by atoms with Crippen molar-refractivity contribution in [3.63, 3.8) is 0 Å². The minimum Gasteiger partial charge on any atom is -0.494 e. The monoisotopic (exact) mass is 666 g/mol. The molecule has 4 heteroatoms. The van der Waals surface area contributed by atoms with Gasteiger partial charge in [-0.1, -0.05) is 101 Å². The lowest BCUT2D eigenvalue weighted by Crippen LogP contribution is -1.97. The van der Waals surface area contributed by atoms with Crippen LogP contribution in [0.4, 0.5) is 0 Å². The third kappa shape index (κ3) is 7.76. The van der Waals surface area contributed by atoms with Crippen LogP contribution >= 0.6 is 0 Å². The van der Waals surface area contributed by atoms with Crippen LogP contribution < -0.4 is 4.74 Å². The molecule has 0 aliphatic heterocycles. The molecule has 2 heterocycles. The smallest absolute Gasteiger partial charge is 0.178 e. The van der Waals surface area contributed by atoms with E-state index in [9.17, 15) is 0 Å². The Bertz CT molecular complexity index is 2010. The summed E-state index contributed by atoms with van der Waals surface area (Å²) in [6, 6.07) is 34.7. The lowest BCUT2D eigenvalue weighted by atomic mass is 9.98. The first kappa shape index (κ1) is 33.9. The van der Waals surface area contributed by atoms with Crippen LogP contribution in [0.3, 0.4) is 0 Å². The minimum atomic E-state index is 0.762. The fraction of sp³-hybridized carbons (Fsp3) is 0.348. The van der Waals surface area contributed by atoms with Crippen molar-refractivity contribution in [1.29, 1.82) is 0 Å². The number of hydrogen-bond acceptors (Lipinski definition) is 4. The second kappa shape index (κ2) is 16.4. The molecule has 5 aromatic carbocycles. The predicted molar refractivity (Wildman–Crippen MR) is 209 cm³/mol. The van der Waals surface area contributed by atoms with Gasteiger partial charge in [0.2, 0.25) is 0 Å². The van der Waals surface area contributed by atoms with Crippen molar-refractivity contribution in [2.75, 3.05) is 19.8 Å². The summed E-state index contributed by atoms with van der Waals surface area (Å²) in [5.74, 6) is 0.923. The summed E-state index contributed by atoms with van der Waals surface area (Å²) in [4.78, 5) is 0. The highest BCUT2D eigenvalue weighted by atomic mass is 16.5. The van der Waals surface area contributed by atoms with E-state index < -0.39 is 0 Å². The van der Waals surface area contributed by atoms with Gasteiger partial charge in [-0.25, -0.2) is 0 Å². The van der Waals surface area contributed by atoms with Crippen LogP contribution in [0.1, 0.15) is 83.6 Å². The molecule has 50 heavy (non-hydrogen) atoms. The Morgan fingerprint density at radius 2 is 1.04 bits per heavy atom. The van der Waals surface area contributed by atoms with E-state index in [2.05, 4.69) is 111 Å². The molecule has 7 aromatic rings. The molecule has 0 unspecified atom stereocenters.